The second-order valence-corrected chi connectivity index (χ2v) is 5.25. The first kappa shape index (κ1) is 17.5. The Labute approximate surface area is 116 Å². The fourth-order valence-electron chi connectivity index (χ4n) is 2.29. The van der Waals surface area contributed by atoms with Crippen LogP contribution in [0.2, 0.25) is 0 Å². The summed E-state index contributed by atoms with van der Waals surface area (Å²) in [5.74, 6) is 0.938. The molecule has 0 aliphatic heterocycles. The Kier molecular flexibility index (Phi) is 14.1. The van der Waals surface area contributed by atoms with E-state index in [9.17, 15) is 0 Å². The summed E-state index contributed by atoms with van der Waals surface area (Å²) in [5, 5.41) is 0. The van der Waals surface area contributed by atoms with Crippen LogP contribution in [0.3, 0.4) is 0 Å². The van der Waals surface area contributed by atoms with E-state index >= 15 is 0 Å². The van der Waals surface area contributed by atoms with Gasteiger partial charge in [0.1, 0.15) is 0 Å². The summed E-state index contributed by atoms with van der Waals surface area (Å²) in [6, 6.07) is 0. The van der Waals surface area contributed by atoms with Crippen LogP contribution in [0.4, 0.5) is 0 Å². The van der Waals surface area contributed by atoms with Crippen molar-refractivity contribution in [3.05, 3.63) is 31.7 Å². The van der Waals surface area contributed by atoms with Crippen molar-refractivity contribution >= 4 is 0 Å². The molecule has 0 saturated carbocycles. The molecule has 18 heavy (non-hydrogen) atoms. The highest BCUT2D eigenvalue weighted by atomic mass is 14.1. The maximum Gasteiger partial charge on any atom is -0.0348 e. The van der Waals surface area contributed by atoms with Crippen molar-refractivity contribution in [1.82, 2.24) is 0 Å². The monoisotopic (exact) mass is 249 g/mol. The first-order valence-electron chi connectivity index (χ1n) is 7.90. The normalized spacial score (nSPS) is 13.0. The Morgan fingerprint density at radius 1 is 0.889 bits per heavy atom. The Morgan fingerprint density at radius 2 is 1.67 bits per heavy atom. The summed E-state index contributed by atoms with van der Waals surface area (Å²) >= 11 is 0. The molecule has 0 nitrogen and oxygen atoms in total. The summed E-state index contributed by atoms with van der Waals surface area (Å²) < 4.78 is 0. The van der Waals surface area contributed by atoms with Crippen LogP contribution in [0.25, 0.3) is 0 Å². The molecule has 0 bridgehead atoms. The third-order valence-electron chi connectivity index (χ3n) is 3.63. The van der Waals surface area contributed by atoms with Gasteiger partial charge in [-0.25, -0.2) is 0 Å². The largest absolute Gasteiger partial charge is 0.103 e. The minimum absolute atomic E-state index is 0.938. The fraction of sp³-hybridized carbons (Fsp3) is 0.722. The lowest BCUT2D eigenvalue weighted by Crippen LogP contribution is -1.98. The first-order chi connectivity index (χ1) is 8.85. The van der Waals surface area contributed by atoms with Gasteiger partial charge < -0.3 is 0 Å². The first-order valence-corrected chi connectivity index (χ1v) is 7.90. The standard InChI is InChI=1S/C18H33/c1-4-7-9-11-12-13-15-17-18(6-3)16-14-10-8-5-2/h4,12-13,18H,1-2,5-11,14-17H2,3H3. The molecule has 1 unspecified atom stereocenters. The smallest absolute Gasteiger partial charge is 0.0348 e. The van der Waals surface area contributed by atoms with E-state index in [2.05, 4.69) is 32.6 Å². The van der Waals surface area contributed by atoms with Gasteiger partial charge in [-0.1, -0.05) is 70.6 Å². The van der Waals surface area contributed by atoms with Gasteiger partial charge in [-0.05, 0) is 38.0 Å². The molecular weight excluding hydrogens is 216 g/mol. The number of unbranched alkanes of at least 4 members (excludes halogenated alkanes) is 5. The van der Waals surface area contributed by atoms with Crippen LogP contribution in [-0.4, -0.2) is 0 Å². The number of hydrogen-bond donors (Lipinski definition) is 0. The maximum absolute atomic E-state index is 3.90. The van der Waals surface area contributed by atoms with E-state index in [-0.39, 0.29) is 0 Å². The summed E-state index contributed by atoms with van der Waals surface area (Å²) in [6.07, 6.45) is 20.9. The van der Waals surface area contributed by atoms with Gasteiger partial charge in [-0.3, -0.25) is 0 Å². The third kappa shape index (κ3) is 12.0. The molecule has 0 aromatic carbocycles. The predicted molar refractivity (Wildman–Crippen MR) is 84.6 cm³/mol. The lowest BCUT2D eigenvalue weighted by molar-refractivity contribution is 0.418. The highest BCUT2D eigenvalue weighted by Crippen LogP contribution is 2.19. The van der Waals surface area contributed by atoms with Crippen molar-refractivity contribution in [1.29, 1.82) is 0 Å². The van der Waals surface area contributed by atoms with Crippen LogP contribution in [0, 0.1) is 12.8 Å². The molecule has 1 atom stereocenters. The molecule has 0 rings (SSSR count). The number of rotatable bonds is 13. The minimum atomic E-state index is 0.938. The van der Waals surface area contributed by atoms with Gasteiger partial charge in [0.15, 0.2) is 0 Å². The van der Waals surface area contributed by atoms with E-state index in [1.807, 2.05) is 6.08 Å². The van der Waals surface area contributed by atoms with Crippen molar-refractivity contribution in [3.63, 3.8) is 0 Å². The zero-order valence-electron chi connectivity index (χ0n) is 12.5. The Hall–Kier alpha value is -0.520. The molecule has 0 spiro atoms. The fourth-order valence-corrected chi connectivity index (χ4v) is 2.29. The van der Waals surface area contributed by atoms with Crippen molar-refractivity contribution in [3.8, 4) is 0 Å². The summed E-state index contributed by atoms with van der Waals surface area (Å²) in [4.78, 5) is 0. The molecule has 1 radical (unpaired) electrons. The van der Waals surface area contributed by atoms with Crippen molar-refractivity contribution in [2.45, 2.75) is 77.6 Å². The molecule has 0 N–H and O–H groups in total. The third-order valence-corrected chi connectivity index (χ3v) is 3.63. The zero-order valence-corrected chi connectivity index (χ0v) is 12.5. The maximum atomic E-state index is 3.90. The molecule has 0 aromatic heterocycles. The van der Waals surface area contributed by atoms with Gasteiger partial charge >= 0.3 is 0 Å². The Bertz CT molecular complexity index is 190. The van der Waals surface area contributed by atoms with Crippen molar-refractivity contribution in [2.24, 2.45) is 5.92 Å². The van der Waals surface area contributed by atoms with Crippen LogP contribution in [0.1, 0.15) is 77.6 Å². The second kappa shape index (κ2) is 14.5. The van der Waals surface area contributed by atoms with Gasteiger partial charge in [0.05, 0.1) is 0 Å². The van der Waals surface area contributed by atoms with Crippen LogP contribution < -0.4 is 0 Å². The van der Waals surface area contributed by atoms with E-state index in [4.69, 9.17) is 0 Å². The van der Waals surface area contributed by atoms with E-state index in [1.165, 1.54) is 57.8 Å². The molecule has 0 fully saturated rings. The summed E-state index contributed by atoms with van der Waals surface area (Å²) in [6.45, 7) is 9.97. The van der Waals surface area contributed by atoms with Gasteiger partial charge in [-0.2, -0.15) is 0 Å². The highest BCUT2D eigenvalue weighted by molar-refractivity contribution is 4.83. The molecule has 0 aliphatic carbocycles. The van der Waals surface area contributed by atoms with Gasteiger partial charge in [-0.15, -0.1) is 6.58 Å². The molecule has 105 valence electrons. The van der Waals surface area contributed by atoms with Crippen LogP contribution in [-0.2, 0) is 0 Å². The number of allylic oxidation sites excluding steroid dienone is 3. The highest BCUT2D eigenvalue weighted by Gasteiger charge is 2.04. The summed E-state index contributed by atoms with van der Waals surface area (Å²) in [5.41, 5.74) is 0. The lowest BCUT2D eigenvalue weighted by atomic mass is 9.93. The second-order valence-electron chi connectivity index (χ2n) is 5.25. The quantitative estimate of drug-likeness (QED) is 0.258. The SMILES string of the molecule is [CH2]CCCCCC(CC)CCC=CCCCC=C. The molecule has 0 heterocycles. The van der Waals surface area contributed by atoms with Crippen LogP contribution in [0.5, 0.6) is 0 Å². The van der Waals surface area contributed by atoms with E-state index in [0.717, 1.165) is 18.8 Å². The minimum Gasteiger partial charge on any atom is -0.103 e. The Balaban J connectivity index is 3.45. The van der Waals surface area contributed by atoms with Crippen molar-refractivity contribution < 1.29 is 0 Å². The Morgan fingerprint density at radius 3 is 2.33 bits per heavy atom. The van der Waals surface area contributed by atoms with E-state index < -0.39 is 0 Å². The number of hydrogen-bond acceptors (Lipinski definition) is 0. The van der Waals surface area contributed by atoms with Gasteiger partial charge in [0.2, 0.25) is 0 Å². The lowest BCUT2D eigenvalue weighted by Gasteiger charge is -2.13. The topological polar surface area (TPSA) is 0 Å². The molecule has 0 aromatic rings. The molecule has 0 heteroatoms. The van der Waals surface area contributed by atoms with E-state index in [0.29, 0.717) is 0 Å². The average Bonchev–Trinajstić information content (AvgIpc) is 2.40. The molecule has 0 aliphatic rings. The van der Waals surface area contributed by atoms with Gasteiger partial charge in [0, 0.05) is 0 Å². The van der Waals surface area contributed by atoms with E-state index in [1.54, 1.807) is 0 Å². The predicted octanol–water partition coefficient (Wildman–Crippen LogP) is 6.49. The zero-order chi connectivity index (χ0) is 13.5. The molecule has 0 amide bonds. The van der Waals surface area contributed by atoms with Crippen LogP contribution >= 0.6 is 0 Å². The molecule has 0 saturated heterocycles. The summed E-state index contributed by atoms with van der Waals surface area (Å²) in [7, 11) is 0. The molecular formula is C18H33. The van der Waals surface area contributed by atoms with Gasteiger partial charge in [0.25, 0.3) is 0 Å². The van der Waals surface area contributed by atoms with Crippen molar-refractivity contribution in [2.75, 3.05) is 0 Å². The average molecular weight is 249 g/mol. The van der Waals surface area contributed by atoms with Crippen LogP contribution in [0.15, 0.2) is 24.8 Å².